The van der Waals surface area contributed by atoms with E-state index in [1.807, 2.05) is 0 Å². The number of hydrogen-bond acceptors (Lipinski definition) is 7. The van der Waals surface area contributed by atoms with Gasteiger partial charge in [-0.1, -0.05) is 0 Å². The minimum absolute atomic E-state index is 0.0838. The third-order valence-corrected chi connectivity index (χ3v) is 3.79. The second-order valence-electron chi connectivity index (χ2n) is 3.93. The van der Waals surface area contributed by atoms with Gasteiger partial charge >= 0.3 is 10.2 Å². The summed E-state index contributed by atoms with van der Waals surface area (Å²) in [6.07, 6.45) is -0.426. The molecule has 1 unspecified atom stereocenters. The minimum Gasteiger partial charge on any atom is -0.481 e. The van der Waals surface area contributed by atoms with E-state index >= 15 is 0 Å². The molecule has 1 aliphatic rings. The maximum absolute atomic E-state index is 12.9. The van der Waals surface area contributed by atoms with E-state index in [9.17, 15) is 17.1 Å². The van der Waals surface area contributed by atoms with Crippen molar-refractivity contribution in [3.8, 4) is 5.88 Å². The average Bonchev–Trinajstić information content (AvgIpc) is 2.70. The molecule has 1 fully saturated rings. The van der Waals surface area contributed by atoms with Crippen LogP contribution in [0.25, 0.3) is 0 Å². The largest absolute Gasteiger partial charge is 0.481 e. The van der Waals surface area contributed by atoms with Gasteiger partial charge in [0.15, 0.2) is 0 Å². The summed E-state index contributed by atoms with van der Waals surface area (Å²) < 4.78 is 39.4. The van der Waals surface area contributed by atoms with Gasteiger partial charge < -0.3 is 10.5 Å². The molecule has 1 aromatic heterocycles. The maximum Gasteiger partial charge on any atom is 0.307 e. The summed E-state index contributed by atoms with van der Waals surface area (Å²) in [5.74, 6) is -0.470. The van der Waals surface area contributed by atoms with E-state index < -0.39 is 27.8 Å². The Morgan fingerprint density at radius 2 is 2.21 bits per heavy atom. The number of carbonyl (C=O) groups is 1. The molecule has 0 bridgehead atoms. The lowest BCUT2D eigenvalue weighted by Gasteiger charge is -2.15. The number of hydrogen-bond donors (Lipinski definition) is 1. The molecule has 1 amide bonds. The van der Waals surface area contributed by atoms with E-state index in [-0.39, 0.29) is 24.2 Å². The average molecular weight is 290 g/mol. The molecule has 1 aromatic rings. The molecule has 0 aromatic carbocycles. The van der Waals surface area contributed by atoms with E-state index in [1.54, 1.807) is 0 Å². The smallest absolute Gasteiger partial charge is 0.307 e. The third kappa shape index (κ3) is 2.72. The van der Waals surface area contributed by atoms with Gasteiger partial charge in [0, 0.05) is 19.0 Å². The first-order chi connectivity index (χ1) is 8.81. The lowest BCUT2D eigenvalue weighted by atomic mass is 10.4. The van der Waals surface area contributed by atoms with E-state index in [2.05, 4.69) is 9.97 Å². The van der Waals surface area contributed by atoms with Crippen LogP contribution >= 0.6 is 0 Å². The van der Waals surface area contributed by atoms with E-state index in [0.29, 0.717) is 0 Å². The zero-order valence-electron chi connectivity index (χ0n) is 9.91. The van der Waals surface area contributed by atoms with Crippen LogP contribution in [0.2, 0.25) is 0 Å². The lowest BCUT2D eigenvalue weighted by Crippen LogP contribution is -2.28. The van der Waals surface area contributed by atoms with Gasteiger partial charge in [-0.05, 0) is 0 Å². The number of ether oxygens (including phenoxy) is 1. The van der Waals surface area contributed by atoms with Gasteiger partial charge in [-0.15, -0.1) is 3.89 Å². The fourth-order valence-electron chi connectivity index (χ4n) is 1.76. The van der Waals surface area contributed by atoms with Crippen molar-refractivity contribution in [1.82, 2.24) is 9.97 Å². The number of halogens is 1. The van der Waals surface area contributed by atoms with E-state index in [0.717, 1.165) is 4.90 Å². The highest BCUT2D eigenvalue weighted by atomic mass is 32.3. The highest BCUT2D eigenvalue weighted by Crippen LogP contribution is 2.26. The van der Waals surface area contributed by atoms with Gasteiger partial charge in [0.1, 0.15) is 11.1 Å². The van der Waals surface area contributed by atoms with Crippen LogP contribution in [0.3, 0.4) is 0 Å². The van der Waals surface area contributed by atoms with Crippen molar-refractivity contribution in [2.45, 2.75) is 11.7 Å². The van der Waals surface area contributed by atoms with Crippen molar-refractivity contribution in [3.63, 3.8) is 0 Å². The van der Waals surface area contributed by atoms with E-state index in [4.69, 9.17) is 10.5 Å². The van der Waals surface area contributed by atoms with Crippen LogP contribution in [-0.2, 0) is 15.0 Å². The molecule has 19 heavy (non-hydrogen) atoms. The van der Waals surface area contributed by atoms with Gasteiger partial charge in [-0.2, -0.15) is 18.4 Å². The molecular weight excluding hydrogens is 279 g/mol. The standard InChI is InChI=1S/C9H11FN4O4S/c1-18-7-3-6(12-9(11)13-7)14-4-5(2-8(14)15)19(10,16)17/h3,5H,2,4H2,1H3,(H2,11,12,13). The Morgan fingerprint density at radius 1 is 1.53 bits per heavy atom. The summed E-state index contributed by atoms with van der Waals surface area (Å²) in [5, 5.41) is -1.39. The predicted octanol–water partition coefficient (Wildman–Crippen LogP) is -0.528. The summed E-state index contributed by atoms with van der Waals surface area (Å²) in [4.78, 5) is 20.3. The Labute approximate surface area is 108 Å². The molecular formula is C9H11FN4O4S. The molecule has 2 rings (SSSR count). The Bertz CT molecular complexity index is 621. The third-order valence-electron chi connectivity index (χ3n) is 2.68. The molecule has 10 heteroatoms. The molecule has 8 nitrogen and oxygen atoms in total. The number of aromatic nitrogens is 2. The van der Waals surface area contributed by atoms with Crippen LogP contribution in [-0.4, -0.2) is 43.2 Å². The van der Waals surface area contributed by atoms with Gasteiger partial charge in [0.25, 0.3) is 0 Å². The van der Waals surface area contributed by atoms with Crippen LogP contribution < -0.4 is 15.4 Å². The lowest BCUT2D eigenvalue weighted by molar-refractivity contribution is -0.117. The van der Waals surface area contributed by atoms with Crippen molar-refractivity contribution in [3.05, 3.63) is 6.07 Å². The number of nitrogens with zero attached hydrogens (tertiary/aromatic N) is 3. The van der Waals surface area contributed by atoms with Gasteiger partial charge in [0.2, 0.25) is 17.7 Å². The minimum atomic E-state index is -4.77. The first-order valence-corrected chi connectivity index (χ1v) is 6.68. The molecule has 1 atom stereocenters. The highest BCUT2D eigenvalue weighted by molar-refractivity contribution is 7.87. The van der Waals surface area contributed by atoms with Gasteiger partial charge in [-0.3, -0.25) is 9.69 Å². The molecule has 0 aliphatic carbocycles. The molecule has 2 N–H and O–H groups in total. The second kappa shape index (κ2) is 4.61. The molecule has 0 spiro atoms. The van der Waals surface area contributed by atoms with Crippen LogP contribution in [0.15, 0.2) is 6.07 Å². The molecule has 1 aliphatic heterocycles. The van der Waals surface area contributed by atoms with Crippen molar-refractivity contribution >= 4 is 27.9 Å². The van der Waals surface area contributed by atoms with Gasteiger partial charge in [0.05, 0.1) is 7.11 Å². The fourth-order valence-corrected chi connectivity index (χ4v) is 2.43. The molecule has 1 saturated heterocycles. The summed E-state index contributed by atoms with van der Waals surface area (Å²) in [5.41, 5.74) is 5.44. The first kappa shape index (κ1) is 13.5. The van der Waals surface area contributed by atoms with Crippen molar-refractivity contribution in [2.75, 3.05) is 24.3 Å². The Balaban J connectivity index is 2.33. The predicted molar refractivity (Wildman–Crippen MR) is 63.8 cm³/mol. The molecule has 104 valence electrons. The van der Waals surface area contributed by atoms with Crippen LogP contribution in [0.5, 0.6) is 5.88 Å². The van der Waals surface area contributed by atoms with Crippen LogP contribution in [0, 0.1) is 0 Å². The number of amides is 1. The fraction of sp³-hybridized carbons (Fsp3) is 0.444. The SMILES string of the molecule is COc1cc(N2CC(S(=O)(=O)F)CC2=O)nc(N)n1. The number of nitrogens with two attached hydrogens (primary N) is 1. The topological polar surface area (TPSA) is 115 Å². The number of carbonyl (C=O) groups excluding carboxylic acids is 1. The molecule has 2 heterocycles. The summed E-state index contributed by atoms with van der Waals surface area (Å²) in [6.45, 7) is -0.308. The summed E-state index contributed by atoms with van der Waals surface area (Å²) in [6, 6.07) is 1.32. The second-order valence-corrected chi connectivity index (χ2v) is 5.55. The van der Waals surface area contributed by atoms with Gasteiger partial charge in [-0.25, -0.2) is 0 Å². The number of anilines is 2. The van der Waals surface area contributed by atoms with Crippen molar-refractivity contribution < 1.29 is 21.8 Å². The Kier molecular flexibility index (Phi) is 3.27. The normalized spacial score (nSPS) is 19.8. The first-order valence-electron chi connectivity index (χ1n) is 5.23. The highest BCUT2D eigenvalue weighted by Gasteiger charge is 2.39. The number of methoxy groups -OCH3 is 1. The number of rotatable bonds is 3. The number of nitrogen functional groups attached to an aromatic ring is 1. The van der Waals surface area contributed by atoms with Crippen LogP contribution in [0.4, 0.5) is 15.7 Å². The summed E-state index contributed by atoms with van der Waals surface area (Å²) >= 11 is 0. The zero-order chi connectivity index (χ0) is 14.2. The maximum atomic E-state index is 12.9. The van der Waals surface area contributed by atoms with E-state index in [1.165, 1.54) is 13.2 Å². The summed E-state index contributed by atoms with van der Waals surface area (Å²) in [7, 11) is -3.42. The van der Waals surface area contributed by atoms with Crippen molar-refractivity contribution in [2.24, 2.45) is 0 Å². The Hall–Kier alpha value is -1.97. The molecule has 0 saturated carbocycles. The monoisotopic (exact) mass is 290 g/mol. The van der Waals surface area contributed by atoms with Crippen LogP contribution in [0.1, 0.15) is 6.42 Å². The zero-order valence-corrected chi connectivity index (χ0v) is 10.7. The van der Waals surface area contributed by atoms with Crippen molar-refractivity contribution in [1.29, 1.82) is 0 Å². The molecule has 0 radical (unpaired) electrons. The quantitative estimate of drug-likeness (QED) is 0.744. The Morgan fingerprint density at radius 3 is 2.74 bits per heavy atom.